The molecule has 1 aliphatic heterocycles. The Labute approximate surface area is 92.9 Å². The highest BCUT2D eigenvalue weighted by molar-refractivity contribution is 5.23. The molecule has 1 aromatic rings. The fourth-order valence-corrected chi connectivity index (χ4v) is 2.26. The minimum Gasteiger partial charge on any atom is -0.299 e. The minimum atomic E-state index is -1.39. The number of hydrogen-bond acceptors (Lipinski definition) is 1. The Hall–Kier alpha value is -1.03. The fourth-order valence-electron chi connectivity index (χ4n) is 2.26. The second-order valence-electron chi connectivity index (χ2n) is 4.29. The molecule has 1 nitrogen and oxygen atoms in total. The van der Waals surface area contributed by atoms with Gasteiger partial charge < -0.3 is 0 Å². The molecule has 0 radical (unpaired) electrons. The van der Waals surface area contributed by atoms with E-state index in [4.69, 9.17) is 0 Å². The van der Waals surface area contributed by atoms with Crippen molar-refractivity contribution in [2.45, 2.75) is 25.3 Å². The molecule has 0 saturated carbocycles. The molecule has 1 saturated heterocycles. The number of hydrogen-bond donors (Lipinski definition) is 0. The van der Waals surface area contributed by atoms with E-state index in [1.54, 1.807) is 0 Å². The lowest BCUT2D eigenvalue weighted by Gasteiger charge is -2.32. The first kappa shape index (κ1) is 11.5. The number of benzene rings is 1. The predicted molar refractivity (Wildman–Crippen MR) is 55.5 cm³/mol. The highest BCUT2D eigenvalue weighted by Gasteiger charge is 2.23. The van der Waals surface area contributed by atoms with Crippen molar-refractivity contribution in [3.63, 3.8) is 0 Å². The molecular weight excluding hydrogens is 215 g/mol. The molecule has 88 valence electrons. The van der Waals surface area contributed by atoms with Gasteiger partial charge >= 0.3 is 0 Å². The van der Waals surface area contributed by atoms with Crippen LogP contribution in [0, 0.1) is 17.5 Å². The second kappa shape index (κ2) is 4.45. The molecule has 0 spiro atoms. The number of rotatable bonds is 1. The molecule has 1 unspecified atom stereocenters. The van der Waals surface area contributed by atoms with Crippen LogP contribution in [0.15, 0.2) is 12.1 Å². The van der Waals surface area contributed by atoms with E-state index < -0.39 is 17.5 Å². The first-order valence-corrected chi connectivity index (χ1v) is 5.44. The summed E-state index contributed by atoms with van der Waals surface area (Å²) in [6.07, 6.45) is 3.00. The number of nitrogens with zero attached hydrogens (tertiary/aromatic N) is 1. The maximum atomic E-state index is 13.1. The molecule has 0 aromatic heterocycles. The summed E-state index contributed by atoms with van der Waals surface area (Å²) in [7, 11) is 1.92. The highest BCUT2D eigenvalue weighted by atomic mass is 19.2. The third kappa shape index (κ3) is 2.07. The quantitative estimate of drug-likeness (QED) is 0.668. The minimum absolute atomic E-state index is 0.00153. The van der Waals surface area contributed by atoms with Crippen molar-refractivity contribution >= 4 is 0 Å². The van der Waals surface area contributed by atoms with Gasteiger partial charge in [-0.25, -0.2) is 13.2 Å². The van der Waals surface area contributed by atoms with Gasteiger partial charge in [-0.1, -0.05) is 6.42 Å². The monoisotopic (exact) mass is 229 g/mol. The van der Waals surface area contributed by atoms with E-state index in [2.05, 4.69) is 4.90 Å². The van der Waals surface area contributed by atoms with E-state index in [-0.39, 0.29) is 6.04 Å². The lowest BCUT2D eigenvalue weighted by molar-refractivity contribution is 0.186. The predicted octanol–water partition coefficient (Wildman–Crippen LogP) is 3.26. The van der Waals surface area contributed by atoms with Gasteiger partial charge in [0.1, 0.15) is 0 Å². The lowest BCUT2D eigenvalue weighted by Crippen LogP contribution is -2.29. The van der Waals surface area contributed by atoms with Crippen molar-refractivity contribution in [3.05, 3.63) is 35.1 Å². The summed E-state index contributed by atoms with van der Waals surface area (Å²) in [5.41, 5.74) is 0.526. The molecule has 16 heavy (non-hydrogen) atoms. The summed E-state index contributed by atoms with van der Waals surface area (Å²) < 4.78 is 39.0. The van der Waals surface area contributed by atoms with E-state index in [1.165, 1.54) is 0 Å². The summed E-state index contributed by atoms with van der Waals surface area (Å²) >= 11 is 0. The molecule has 0 bridgehead atoms. The zero-order chi connectivity index (χ0) is 11.7. The Balaban J connectivity index is 2.32. The van der Waals surface area contributed by atoms with Gasteiger partial charge in [0.05, 0.1) is 0 Å². The Kier molecular flexibility index (Phi) is 3.19. The molecule has 2 rings (SSSR count). The number of likely N-dealkylation sites (tertiary alicyclic amines) is 1. The summed E-state index contributed by atoms with van der Waals surface area (Å²) in [6.45, 7) is 0.908. The zero-order valence-electron chi connectivity index (χ0n) is 9.14. The first-order chi connectivity index (χ1) is 7.59. The third-order valence-electron chi connectivity index (χ3n) is 3.16. The van der Waals surface area contributed by atoms with Gasteiger partial charge in [-0.05, 0) is 44.1 Å². The van der Waals surface area contributed by atoms with Crippen LogP contribution in [0.25, 0.3) is 0 Å². The summed E-state index contributed by atoms with van der Waals surface area (Å²) in [6, 6.07) is 2.20. The van der Waals surface area contributed by atoms with E-state index in [1.807, 2.05) is 7.05 Å². The van der Waals surface area contributed by atoms with Crippen LogP contribution in [0.2, 0.25) is 0 Å². The Bertz CT molecular complexity index is 369. The van der Waals surface area contributed by atoms with Crippen LogP contribution in [0.1, 0.15) is 30.9 Å². The molecule has 0 N–H and O–H groups in total. The summed E-state index contributed by atoms with van der Waals surface area (Å²) in [5.74, 6) is -3.59. The number of piperidine rings is 1. The standard InChI is InChI=1S/C12H14F3N/c1-16-5-3-2-4-11(16)8-6-9(13)12(15)10(14)7-8/h6-7,11H,2-5H2,1H3. The molecule has 1 atom stereocenters. The maximum Gasteiger partial charge on any atom is 0.194 e. The second-order valence-corrected chi connectivity index (χ2v) is 4.29. The maximum absolute atomic E-state index is 13.1. The van der Waals surface area contributed by atoms with Crippen molar-refractivity contribution in [1.29, 1.82) is 0 Å². The largest absolute Gasteiger partial charge is 0.299 e. The Morgan fingerprint density at radius 2 is 1.75 bits per heavy atom. The van der Waals surface area contributed by atoms with Crippen LogP contribution >= 0.6 is 0 Å². The smallest absolute Gasteiger partial charge is 0.194 e. The van der Waals surface area contributed by atoms with Crippen LogP contribution in [-0.4, -0.2) is 18.5 Å². The van der Waals surface area contributed by atoms with Crippen LogP contribution in [0.5, 0.6) is 0 Å². The van der Waals surface area contributed by atoms with E-state index >= 15 is 0 Å². The molecule has 1 aliphatic rings. The third-order valence-corrected chi connectivity index (χ3v) is 3.16. The highest BCUT2D eigenvalue weighted by Crippen LogP contribution is 2.30. The van der Waals surface area contributed by atoms with Crippen LogP contribution in [0.3, 0.4) is 0 Å². The van der Waals surface area contributed by atoms with Crippen molar-refractivity contribution in [3.8, 4) is 0 Å². The molecule has 0 aliphatic carbocycles. The Morgan fingerprint density at radius 3 is 2.31 bits per heavy atom. The molecule has 4 heteroatoms. The van der Waals surface area contributed by atoms with Gasteiger partial charge in [0.25, 0.3) is 0 Å². The number of halogens is 3. The first-order valence-electron chi connectivity index (χ1n) is 5.44. The van der Waals surface area contributed by atoms with Crippen molar-refractivity contribution in [2.75, 3.05) is 13.6 Å². The van der Waals surface area contributed by atoms with Crippen LogP contribution in [0.4, 0.5) is 13.2 Å². The zero-order valence-corrected chi connectivity index (χ0v) is 9.14. The van der Waals surface area contributed by atoms with Gasteiger partial charge in [-0.15, -0.1) is 0 Å². The van der Waals surface area contributed by atoms with Gasteiger partial charge in [0.15, 0.2) is 17.5 Å². The summed E-state index contributed by atoms with van der Waals surface area (Å²) in [4.78, 5) is 2.05. The van der Waals surface area contributed by atoms with E-state index in [0.29, 0.717) is 5.56 Å². The SMILES string of the molecule is CN1CCCCC1c1cc(F)c(F)c(F)c1. The van der Waals surface area contributed by atoms with Gasteiger partial charge in [0.2, 0.25) is 0 Å². The van der Waals surface area contributed by atoms with Crippen LogP contribution in [-0.2, 0) is 0 Å². The summed E-state index contributed by atoms with van der Waals surface area (Å²) in [5, 5.41) is 0. The molecule has 1 aromatic carbocycles. The van der Waals surface area contributed by atoms with Crippen molar-refractivity contribution < 1.29 is 13.2 Å². The van der Waals surface area contributed by atoms with Gasteiger partial charge in [-0.2, -0.15) is 0 Å². The normalized spacial score (nSPS) is 22.4. The molecular formula is C12H14F3N. The van der Waals surface area contributed by atoms with Gasteiger partial charge in [0, 0.05) is 6.04 Å². The van der Waals surface area contributed by atoms with Gasteiger partial charge in [-0.3, -0.25) is 4.90 Å². The molecule has 0 amide bonds. The van der Waals surface area contributed by atoms with E-state index in [0.717, 1.165) is 37.9 Å². The molecule has 1 fully saturated rings. The van der Waals surface area contributed by atoms with Crippen molar-refractivity contribution in [1.82, 2.24) is 4.90 Å². The fraction of sp³-hybridized carbons (Fsp3) is 0.500. The Morgan fingerprint density at radius 1 is 1.12 bits per heavy atom. The topological polar surface area (TPSA) is 3.24 Å². The molecule has 1 heterocycles. The average Bonchev–Trinajstić information content (AvgIpc) is 2.26. The van der Waals surface area contributed by atoms with Crippen LogP contribution < -0.4 is 0 Å². The van der Waals surface area contributed by atoms with Crippen molar-refractivity contribution in [2.24, 2.45) is 0 Å². The van der Waals surface area contributed by atoms with E-state index in [9.17, 15) is 13.2 Å². The average molecular weight is 229 g/mol. The lowest BCUT2D eigenvalue weighted by atomic mass is 9.95.